The predicted octanol–water partition coefficient (Wildman–Crippen LogP) is 5.31. The molecule has 0 aliphatic carbocycles. The molecular weight excluding hydrogens is 368 g/mol. The molecule has 0 saturated carbocycles. The first-order valence-corrected chi connectivity index (χ1v) is 11.5. The maximum absolute atomic E-state index is 5.24. The molecule has 4 nitrogen and oxygen atoms in total. The Hall–Kier alpha value is -2.59. The Balaban J connectivity index is 1.46. The number of anilines is 1. The summed E-state index contributed by atoms with van der Waals surface area (Å²) in [6.45, 7) is 6.52. The smallest absolute Gasteiger partial charge is 0.133 e. The van der Waals surface area contributed by atoms with E-state index in [4.69, 9.17) is 5.10 Å². The van der Waals surface area contributed by atoms with Crippen molar-refractivity contribution in [3.05, 3.63) is 77.0 Å². The second kappa shape index (κ2) is 8.65. The summed E-state index contributed by atoms with van der Waals surface area (Å²) in [5.74, 6) is 1.75. The van der Waals surface area contributed by atoms with E-state index in [9.17, 15) is 0 Å². The van der Waals surface area contributed by atoms with Crippen LogP contribution in [0.3, 0.4) is 0 Å². The molecule has 3 aromatic rings. The molecule has 2 aliphatic rings. The standard InChI is InChI=1S/C26H32N4/c1-20-9-7-13-23(17-20)30-26-24(14-5-6-15-27-26)25(28-30)22-12-8-16-29(19-22)18-21-10-3-2-4-11-21/h2-4,7,9-11,13,17,22,27H,5-6,8,12,14-16,18-19H2,1H3. The Morgan fingerprint density at radius 3 is 2.80 bits per heavy atom. The number of aromatic nitrogens is 2. The van der Waals surface area contributed by atoms with Crippen molar-refractivity contribution in [1.82, 2.24) is 14.7 Å². The van der Waals surface area contributed by atoms with Crippen LogP contribution in [0.15, 0.2) is 54.6 Å². The van der Waals surface area contributed by atoms with Gasteiger partial charge in [-0.2, -0.15) is 5.10 Å². The highest BCUT2D eigenvalue weighted by Gasteiger charge is 2.29. The normalized spacial score (nSPS) is 19.7. The van der Waals surface area contributed by atoms with Crippen molar-refractivity contribution in [1.29, 1.82) is 0 Å². The SMILES string of the molecule is Cc1cccc(-n2nc(C3CCCN(Cc4ccccc4)C3)c3c2NCCCC3)c1. The second-order valence-corrected chi connectivity index (χ2v) is 8.91. The molecule has 3 heterocycles. The van der Waals surface area contributed by atoms with Crippen LogP contribution in [-0.4, -0.2) is 34.3 Å². The van der Waals surface area contributed by atoms with Gasteiger partial charge in [0.05, 0.1) is 11.4 Å². The third-order valence-corrected chi connectivity index (χ3v) is 6.55. The summed E-state index contributed by atoms with van der Waals surface area (Å²) >= 11 is 0. The number of nitrogens with zero attached hydrogens (tertiary/aromatic N) is 3. The lowest BCUT2D eigenvalue weighted by atomic mass is 9.91. The fourth-order valence-electron chi connectivity index (χ4n) is 5.07. The third-order valence-electron chi connectivity index (χ3n) is 6.55. The third kappa shape index (κ3) is 4.01. The Morgan fingerprint density at radius 2 is 1.93 bits per heavy atom. The van der Waals surface area contributed by atoms with E-state index < -0.39 is 0 Å². The Bertz CT molecular complexity index is 992. The van der Waals surface area contributed by atoms with E-state index in [0.29, 0.717) is 5.92 Å². The molecule has 0 amide bonds. The van der Waals surface area contributed by atoms with Crippen LogP contribution < -0.4 is 5.32 Å². The van der Waals surface area contributed by atoms with Gasteiger partial charge in [0.25, 0.3) is 0 Å². The minimum Gasteiger partial charge on any atom is -0.370 e. The number of rotatable bonds is 4. The lowest BCUT2D eigenvalue weighted by Gasteiger charge is -2.32. The van der Waals surface area contributed by atoms with Gasteiger partial charge < -0.3 is 5.32 Å². The highest BCUT2D eigenvalue weighted by Crippen LogP contribution is 2.36. The number of piperidine rings is 1. The van der Waals surface area contributed by atoms with Crippen LogP contribution in [0.5, 0.6) is 0 Å². The van der Waals surface area contributed by atoms with E-state index in [0.717, 1.165) is 26.1 Å². The number of benzene rings is 2. The number of hydrogen-bond donors (Lipinski definition) is 1. The van der Waals surface area contributed by atoms with Gasteiger partial charge in [-0.25, -0.2) is 4.68 Å². The van der Waals surface area contributed by atoms with Crippen molar-refractivity contribution < 1.29 is 0 Å². The molecule has 5 rings (SSSR count). The zero-order valence-corrected chi connectivity index (χ0v) is 18.0. The molecule has 1 unspecified atom stereocenters. The molecule has 30 heavy (non-hydrogen) atoms. The van der Waals surface area contributed by atoms with Crippen molar-refractivity contribution in [2.24, 2.45) is 0 Å². The summed E-state index contributed by atoms with van der Waals surface area (Å²) in [6.07, 6.45) is 6.10. The minimum atomic E-state index is 0.516. The molecule has 0 radical (unpaired) electrons. The van der Waals surface area contributed by atoms with Crippen molar-refractivity contribution in [2.45, 2.75) is 51.5 Å². The molecule has 2 aromatic carbocycles. The first-order chi connectivity index (χ1) is 14.8. The van der Waals surface area contributed by atoms with E-state index in [1.165, 1.54) is 66.1 Å². The van der Waals surface area contributed by atoms with Gasteiger partial charge in [-0.15, -0.1) is 0 Å². The van der Waals surface area contributed by atoms with Crippen LogP contribution in [0.4, 0.5) is 5.82 Å². The zero-order chi connectivity index (χ0) is 20.3. The fraction of sp³-hybridized carbons (Fsp3) is 0.423. The maximum atomic E-state index is 5.24. The summed E-state index contributed by atoms with van der Waals surface area (Å²) in [5.41, 5.74) is 6.64. The molecule has 0 spiro atoms. The number of hydrogen-bond acceptors (Lipinski definition) is 3. The summed E-state index contributed by atoms with van der Waals surface area (Å²) < 4.78 is 2.18. The Morgan fingerprint density at radius 1 is 1.03 bits per heavy atom. The van der Waals surface area contributed by atoms with Crippen molar-refractivity contribution in [3.8, 4) is 5.69 Å². The van der Waals surface area contributed by atoms with Crippen molar-refractivity contribution >= 4 is 5.82 Å². The quantitative estimate of drug-likeness (QED) is 0.644. The number of fused-ring (bicyclic) bond motifs is 1. The highest BCUT2D eigenvalue weighted by atomic mass is 15.3. The summed E-state index contributed by atoms with van der Waals surface area (Å²) in [5, 5.41) is 8.95. The van der Waals surface area contributed by atoms with Crippen LogP contribution in [-0.2, 0) is 13.0 Å². The number of likely N-dealkylation sites (tertiary alicyclic amines) is 1. The lowest BCUT2D eigenvalue weighted by molar-refractivity contribution is 0.198. The Labute approximate surface area is 179 Å². The van der Waals surface area contributed by atoms with Gasteiger partial charge in [-0.05, 0) is 68.8 Å². The monoisotopic (exact) mass is 400 g/mol. The van der Waals surface area contributed by atoms with Crippen molar-refractivity contribution in [3.63, 3.8) is 0 Å². The van der Waals surface area contributed by atoms with Crippen LogP contribution in [0, 0.1) is 6.92 Å². The van der Waals surface area contributed by atoms with Crippen LogP contribution in [0.2, 0.25) is 0 Å². The van der Waals surface area contributed by atoms with Gasteiger partial charge >= 0.3 is 0 Å². The highest BCUT2D eigenvalue weighted by molar-refractivity contribution is 5.55. The van der Waals surface area contributed by atoms with Crippen molar-refractivity contribution in [2.75, 3.05) is 25.0 Å². The molecule has 4 heteroatoms. The second-order valence-electron chi connectivity index (χ2n) is 8.91. The van der Waals surface area contributed by atoms with E-state index in [1.54, 1.807) is 0 Å². The molecular formula is C26H32N4. The van der Waals surface area contributed by atoms with Gasteiger partial charge in [0, 0.05) is 31.1 Å². The van der Waals surface area contributed by atoms with Gasteiger partial charge in [-0.3, -0.25) is 4.90 Å². The van der Waals surface area contributed by atoms with Crippen LogP contribution >= 0.6 is 0 Å². The molecule has 156 valence electrons. The maximum Gasteiger partial charge on any atom is 0.133 e. The average Bonchev–Trinajstić information content (AvgIpc) is 2.96. The predicted molar refractivity (Wildman–Crippen MR) is 123 cm³/mol. The van der Waals surface area contributed by atoms with E-state index in [-0.39, 0.29) is 0 Å². The summed E-state index contributed by atoms with van der Waals surface area (Å²) in [4.78, 5) is 2.62. The van der Waals surface area contributed by atoms with E-state index >= 15 is 0 Å². The van der Waals surface area contributed by atoms with Crippen LogP contribution in [0.25, 0.3) is 5.69 Å². The van der Waals surface area contributed by atoms with Crippen LogP contribution in [0.1, 0.15) is 54.0 Å². The van der Waals surface area contributed by atoms with Gasteiger partial charge in [0.2, 0.25) is 0 Å². The molecule has 1 atom stereocenters. The molecule has 2 aliphatic heterocycles. The largest absolute Gasteiger partial charge is 0.370 e. The molecule has 1 aromatic heterocycles. The van der Waals surface area contributed by atoms with E-state index in [2.05, 4.69) is 76.4 Å². The molecule has 1 fully saturated rings. The summed E-state index contributed by atoms with van der Waals surface area (Å²) in [7, 11) is 0. The minimum absolute atomic E-state index is 0.516. The fourth-order valence-corrected chi connectivity index (χ4v) is 5.07. The molecule has 0 bridgehead atoms. The first-order valence-electron chi connectivity index (χ1n) is 11.5. The van der Waals surface area contributed by atoms with Gasteiger partial charge in [0.1, 0.15) is 5.82 Å². The van der Waals surface area contributed by atoms with Gasteiger partial charge in [0.15, 0.2) is 0 Å². The topological polar surface area (TPSA) is 33.1 Å². The summed E-state index contributed by atoms with van der Waals surface area (Å²) in [6, 6.07) is 19.6. The lowest BCUT2D eigenvalue weighted by Crippen LogP contribution is -2.34. The number of aryl methyl sites for hydroxylation is 1. The zero-order valence-electron chi connectivity index (χ0n) is 18.0. The molecule has 1 saturated heterocycles. The average molecular weight is 401 g/mol. The van der Waals surface area contributed by atoms with Gasteiger partial charge in [-0.1, -0.05) is 42.5 Å². The Kier molecular flexibility index (Phi) is 5.58. The van der Waals surface area contributed by atoms with E-state index in [1.807, 2.05) is 0 Å². The first kappa shape index (κ1) is 19.4. The molecule has 1 N–H and O–H groups in total. The number of nitrogens with one attached hydrogen (secondary N) is 1.